The highest BCUT2D eigenvalue weighted by Crippen LogP contribution is 2.20. The molecular formula is C16H29N5O2S2. The van der Waals surface area contributed by atoms with Gasteiger partial charge in [-0.2, -0.15) is 4.31 Å². The molecule has 7 nitrogen and oxygen atoms in total. The van der Waals surface area contributed by atoms with E-state index in [9.17, 15) is 8.42 Å². The lowest BCUT2D eigenvalue weighted by Gasteiger charge is -2.23. The standard InChI is InChI=1S/C16H29N5O2S2/c1-5-17-16(19-10-15-20-14(11-24-15)12(2)3)18-9-13-7-6-8-21(13)25(4,22)23/h11-13H,5-10H2,1-4H3,(H2,17,18,19)/t13-/m1/s1. The summed E-state index contributed by atoms with van der Waals surface area (Å²) in [5.41, 5.74) is 1.10. The average molecular weight is 388 g/mol. The van der Waals surface area contributed by atoms with Gasteiger partial charge in [-0.25, -0.2) is 18.4 Å². The van der Waals surface area contributed by atoms with E-state index in [4.69, 9.17) is 0 Å². The molecule has 0 aliphatic carbocycles. The first-order chi connectivity index (χ1) is 11.8. The molecule has 2 rings (SSSR count). The van der Waals surface area contributed by atoms with Crippen molar-refractivity contribution in [2.45, 2.75) is 52.1 Å². The molecule has 0 aromatic carbocycles. The lowest BCUT2D eigenvalue weighted by atomic mass is 10.2. The molecular weight excluding hydrogens is 358 g/mol. The highest BCUT2D eigenvalue weighted by atomic mass is 32.2. The van der Waals surface area contributed by atoms with E-state index in [0.717, 1.165) is 30.1 Å². The van der Waals surface area contributed by atoms with Gasteiger partial charge in [0.25, 0.3) is 0 Å². The summed E-state index contributed by atoms with van der Waals surface area (Å²) in [6.07, 6.45) is 3.06. The lowest BCUT2D eigenvalue weighted by Crippen LogP contribution is -2.46. The summed E-state index contributed by atoms with van der Waals surface area (Å²) >= 11 is 1.62. The summed E-state index contributed by atoms with van der Waals surface area (Å²) in [7, 11) is -3.15. The highest BCUT2D eigenvalue weighted by Gasteiger charge is 2.31. The van der Waals surface area contributed by atoms with Crippen LogP contribution in [0.1, 0.15) is 50.2 Å². The molecule has 1 aliphatic heterocycles. The Bertz CT molecular complexity index is 684. The molecule has 0 bridgehead atoms. The van der Waals surface area contributed by atoms with Gasteiger partial charge in [0.1, 0.15) is 5.01 Å². The summed E-state index contributed by atoms with van der Waals surface area (Å²) < 4.78 is 25.2. The molecule has 0 saturated carbocycles. The minimum Gasteiger partial charge on any atom is -0.357 e. The van der Waals surface area contributed by atoms with Crippen LogP contribution >= 0.6 is 11.3 Å². The van der Waals surface area contributed by atoms with E-state index in [1.54, 1.807) is 15.6 Å². The molecule has 2 heterocycles. The van der Waals surface area contributed by atoms with Crippen molar-refractivity contribution in [1.29, 1.82) is 0 Å². The van der Waals surface area contributed by atoms with Gasteiger partial charge >= 0.3 is 0 Å². The van der Waals surface area contributed by atoms with Crippen LogP contribution in [0.25, 0.3) is 0 Å². The van der Waals surface area contributed by atoms with Crippen LogP contribution in [0.2, 0.25) is 0 Å². The molecule has 0 spiro atoms. The van der Waals surface area contributed by atoms with Crippen molar-refractivity contribution in [3.63, 3.8) is 0 Å². The Labute approximate surface area is 155 Å². The van der Waals surface area contributed by atoms with Gasteiger partial charge in [-0.3, -0.25) is 0 Å². The molecule has 2 N–H and O–H groups in total. The normalized spacial score (nSPS) is 19.6. The van der Waals surface area contributed by atoms with Crippen molar-refractivity contribution in [3.05, 3.63) is 16.1 Å². The molecule has 1 aromatic rings. The zero-order chi connectivity index (χ0) is 18.4. The number of nitrogens with zero attached hydrogens (tertiary/aromatic N) is 3. The molecule has 1 atom stereocenters. The minimum atomic E-state index is -3.15. The molecule has 9 heteroatoms. The number of sulfonamides is 1. The van der Waals surface area contributed by atoms with Crippen molar-refractivity contribution in [2.24, 2.45) is 4.99 Å². The summed E-state index contributed by atoms with van der Waals surface area (Å²) in [6, 6.07) is -0.00809. The fourth-order valence-electron chi connectivity index (χ4n) is 2.82. The maximum absolute atomic E-state index is 11.8. The number of thiazole rings is 1. The largest absolute Gasteiger partial charge is 0.357 e. The third-order valence-electron chi connectivity index (χ3n) is 4.13. The maximum atomic E-state index is 11.8. The zero-order valence-corrected chi connectivity index (χ0v) is 17.1. The predicted octanol–water partition coefficient (Wildman–Crippen LogP) is 1.75. The van der Waals surface area contributed by atoms with Gasteiger partial charge < -0.3 is 10.6 Å². The van der Waals surface area contributed by atoms with Gasteiger partial charge in [-0.05, 0) is 25.7 Å². The Kier molecular flexibility index (Phi) is 7.21. The van der Waals surface area contributed by atoms with Crippen LogP contribution in [0.4, 0.5) is 0 Å². The molecule has 25 heavy (non-hydrogen) atoms. The topological polar surface area (TPSA) is 86.7 Å². The van der Waals surface area contributed by atoms with Crippen molar-refractivity contribution < 1.29 is 8.42 Å². The molecule has 0 unspecified atom stereocenters. The van der Waals surface area contributed by atoms with Gasteiger partial charge in [0.15, 0.2) is 5.96 Å². The van der Waals surface area contributed by atoms with E-state index in [1.807, 2.05) is 6.92 Å². The van der Waals surface area contributed by atoms with Crippen molar-refractivity contribution in [3.8, 4) is 0 Å². The first kappa shape index (κ1) is 20.1. The lowest BCUT2D eigenvalue weighted by molar-refractivity contribution is 0.387. The quantitative estimate of drug-likeness (QED) is 0.550. The summed E-state index contributed by atoms with van der Waals surface area (Å²) in [5, 5.41) is 9.55. The summed E-state index contributed by atoms with van der Waals surface area (Å²) in [4.78, 5) is 9.17. The Morgan fingerprint density at radius 2 is 2.24 bits per heavy atom. The second kappa shape index (κ2) is 8.95. The Morgan fingerprint density at radius 1 is 1.48 bits per heavy atom. The molecule has 1 saturated heterocycles. The molecule has 142 valence electrons. The molecule has 1 fully saturated rings. The first-order valence-electron chi connectivity index (χ1n) is 8.74. The van der Waals surface area contributed by atoms with E-state index in [0.29, 0.717) is 31.5 Å². The maximum Gasteiger partial charge on any atom is 0.211 e. The van der Waals surface area contributed by atoms with Gasteiger partial charge in [0.05, 0.1) is 18.5 Å². The first-order valence-corrected chi connectivity index (χ1v) is 11.5. The summed E-state index contributed by atoms with van der Waals surface area (Å²) in [5.74, 6) is 1.12. The average Bonchev–Trinajstić information content (AvgIpc) is 3.18. The third kappa shape index (κ3) is 5.93. The summed E-state index contributed by atoms with van der Waals surface area (Å²) in [6.45, 7) is 8.71. The molecule has 0 radical (unpaired) electrons. The van der Waals surface area contributed by atoms with Crippen molar-refractivity contribution in [1.82, 2.24) is 19.9 Å². The monoisotopic (exact) mass is 387 g/mol. The number of hydrogen-bond donors (Lipinski definition) is 2. The number of guanidine groups is 1. The second-order valence-corrected chi connectivity index (χ2v) is 9.44. The predicted molar refractivity (Wildman–Crippen MR) is 104 cm³/mol. The Balaban J connectivity index is 1.95. The van der Waals surface area contributed by atoms with Crippen molar-refractivity contribution >= 4 is 27.3 Å². The fraction of sp³-hybridized carbons (Fsp3) is 0.750. The molecule has 1 aliphatic rings. The fourth-order valence-corrected chi connectivity index (χ4v) is 4.88. The van der Waals surface area contributed by atoms with E-state index in [-0.39, 0.29) is 6.04 Å². The minimum absolute atomic E-state index is 0.00809. The number of hydrogen-bond acceptors (Lipinski definition) is 5. The van der Waals surface area contributed by atoms with Crippen molar-refractivity contribution in [2.75, 3.05) is 25.9 Å². The molecule has 0 amide bonds. The highest BCUT2D eigenvalue weighted by molar-refractivity contribution is 7.88. The van der Waals surface area contributed by atoms with Gasteiger partial charge in [0.2, 0.25) is 10.0 Å². The van der Waals surface area contributed by atoms with Gasteiger partial charge in [-0.15, -0.1) is 11.3 Å². The molecule has 1 aromatic heterocycles. The van der Waals surface area contributed by atoms with E-state index >= 15 is 0 Å². The Morgan fingerprint density at radius 3 is 2.84 bits per heavy atom. The SMILES string of the molecule is CCNC(=NCc1nc(C(C)C)cs1)NC[C@H]1CCCN1S(C)(=O)=O. The van der Waals surface area contributed by atoms with Gasteiger partial charge in [0, 0.05) is 31.1 Å². The van der Waals surface area contributed by atoms with Crippen LogP contribution in [0.3, 0.4) is 0 Å². The van der Waals surface area contributed by atoms with E-state index in [2.05, 4.69) is 39.8 Å². The van der Waals surface area contributed by atoms with Crippen LogP contribution in [0, 0.1) is 0 Å². The number of aromatic nitrogens is 1. The smallest absolute Gasteiger partial charge is 0.211 e. The number of rotatable bonds is 7. The zero-order valence-electron chi connectivity index (χ0n) is 15.4. The van der Waals surface area contributed by atoms with Crippen LogP contribution in [0.5, 0.6) is 0 Å². The Hall–Kier alpha value is -1.19. The van der Waals surface area contributed by atoms with Crippen LogP contribution in [-0.4, -0.2) is 55.6 Å². The van der Waals surface area contributed by atoms with Gasteiger partial charge in [-0.1, -0.05) is 13.8 Å². The number of nitrogens with one attached hydrogen (secondary N) is 2. The van der Waals surface area contributed by atoms with E-state index in [1.165, 1.54) is 6.26 Å². The second-order valence-electron chi connectivity index (χ2n) is 6.57. The van der Waals surface area contributed by atoms with Crippen LogP contribution in [0.15, 0.2) is 10.4 Å². The van der Waals surface area contributed by atoms with Crippen LogP contribution in [-0.2, 0) is 16.6 Å². The van der Waals surface area contributed by atoms with Crippen LogP contribution < -0.4 is 10.6 Å². The van der Waals surface area contributed by atoms with E-state index < -0.39 is 10.0 Å². The third-order valence-corrected chi connectivity index (χ3v) is 6.32. The number of aliphatic imine (C=N–C) groups is 1.